The Bertz CT molecular complexity index is 742. The lowest BCUT2D eigenvalue weighted by molar-refractivity contribution is -0.141. The van der Waals surface area contributed by atoms with Gasteiger partial charge in [-0.1, -0.05) is 18.2 Å². The zero-order chi connectivity index (χ0) is 16.5. The van der Waals surface area contributed by atoms with Crippen LogP contribution in [0.15, 0.2) is 29.6 Å². The number of aryl methyl sites for hydroxylation is 1. The van der Waals surface area contributed by atoms with E-state index in [9.17, 15) is 4.79 Å². The highest BCUT2D eigenvalue weighted by Crippen LogP contribution is 2.35. The van der Waals surface area contributed by atoms with Crippen molar-refractivity contribution in [3.05, 3.63) is 45.9 Å². The predicted molar refractivity (Wildman–Crippen MR) is 94.3 cm³/mol. The lowest BCUT2D eigenvalue weighted by Gasteiger charge is -2.37. The number of piperidine rings is 1. The fraction of sp³-hybridized carbons (Fsp3) is 0.474. The molecule has 0 N–H and O–H groups in total. The van der Waals surface area contributed by atoms with Gasteiger partial charge >= 0.3 is 0 Å². The normalized spacial score (nSPS) is 23.5. The Morgan fingerprint density at radius 1 is 1.33 bits per heavy atom. The third kappa shape index (κ3) is 2.93. The molecule has 3 heterocycles. The summed E-state index contributed by atoms with van der Waals surface area (Å²) in [7, 11) is 0. The molecule has 0 radical (unpaired) electrons. The third-order valence-corrected chi connectivity index (χ3v) is 6.00. The largest absolute Gasteiger partial charge is 0.492 e. The summed E-state index contributed by atoms with van der Waals surface area (Å²) in [6.45, 7) is 3.33. The number of fused-ring (bicyclic) bond motifs is 1. The number of para-hydroxylation sites is 1. The summed E-state index contributed by atoms with van der Waals surface area (Å²) < 4.78 is 5.83. The van der Waals surface area contributed by atoms with Crippen LogP contribution in [-0.2, 0) is 11.2 Å². The molecule has 24 heavy (non-hydrogen) atoms. The first-order valence-corrected chi connectivity index (χ1v) is 9.53. The summed E-state index contributed by atoms with van der Waals surface area (Å²) in [4.78, 5) is 19.9. The van der Waals surface area contributed by atoms with E-state index < -0.39 is 0 Å². The van der Waals surface area contributed by atoms with Crippen molar-refractivity contribution in [1.29, 1.82) is 0 Å². The SMILES string of the molecule is Cc1csc([C@@H]2CCCCN2C(=O)[C@H]2COc3ccccc3C2)n1. The Labute approximate surface area is 146 Å². The van der Waals surface area contributed by atoms with Crippen LogP contribution in [0.5, 0.6) is 5.75 Å². The fourth-order valence-corrected chi connectivity index (χ4v) is 4.64. The van der Waals surface area contributed by atoms with Gasteiger partial charge in [0.05, 0.1) is 12.0 Å². The number of aromatic nitrogens is 1. The summed E-state index contributed by atoms with van der Waals surface area (Å²) in [6.07, 6.45) is 4.03. The van der Waals surface area contributed by atoms with E-state index in [4.69, 9.17) is 4.74 Å². The number of amides is 1. The maximum absolute atomic E-state index is 13.2. The number of hydrogen-bond acceptors (Lipinski definition) is 4. The van der Waals surface area contributed by atoms with Crippen LogP contribution in [0.1, 0.15) is 41.6 Å². The van der Waals surface area contributed by atoms with Crippen molar-refractivity contribution >= 4 is 17.2 Å². The van der Waals surface area contributed by atoms with Gasteiger partial charge in [-0.15, -0.1) is 11.3 Å². The van der Waals surface area contributed by atoms with Crippen molar-refractivity contribution in [1.82, 2.24) is 9.88 Å². The molecule has 1 aromatic carbocycles. The first kappa shape index (κ1) is 15.6. The number of carbonyl (C=O) groups excluding carboxylic acids is 1. The smallest absolute Gasteiger partial charge is 0.230 e. The molecule has 0 aliphatic carbocycles. The fourth-order valence-electron chi connectivity index (χ4n) is 3.70. The molecule has 2 aliphatic heterocycles. The predicted octanol–water partition coefficient (Wildman–Crippen LogP) is 3.76. The first-order valence-electron chi connectivity index (χ1n) is 8.65. The summed E-state index contributed by atoms with van der Waals surface area (Å²) in [5.41, 5.74) is 2.18. The second-order valence-electron chi connectivity index (χ2n) is 6.69. The van der Waals surface area contributed by atoms with E-state index in [1.165, 1.54) is 0 Å². The van der Waals surface area contributed by atoms with Crippen LogP contribution in [0.4, 0.5) is 0 Å². The molecule has 4 rings (SSSR count). The van der Waals surface area contributed by atoms with E-state index in [-0.39, 0.29) is 17.9 Å². The van der Waals surface area contributed by atoms with Crippen LogP contribution in [0, 0.1) is 12.8 Å². The molecule has 1 saturated heterocycles. The zero-order valence-corrected chi connectivity index (χ0v) is 14.7. The summed E-state index contributed by atoms with van der Waals surface area (Å²) in [5, 5.41) is 3.16. The van der Waals surface area contributed by atoms with Crippen LogP contribution in [0.3, 0.4) is 0 Å². The maximum atomic E-state index is 13.2. The number of rotatable bonds is 2. The van der Waals surface area contributed by atoms with E-state index in [0.29, 0.717) is 6.61 Å². The van der Waals surface area contributed by atoms with Crippen LogP contribution < -0.4 is 4.74 Å². The highest BCUT2D eigenvalue weighted by molar-refractivity contribution is 7.09. The highest BCUT2D eigenvalue weighted by atomic mass is 32.1. The molecule has 4 nitrogen and oxygen atoms in total. The number of likely N-dealkylation sites (tertiary alicyclic amines) is 1. The van der Waals surface area contributed by atoms with Gasteiger partial charge in [-0.05, 0) is 44.2 Å². The molecule has 2 aromatic rings. The third-order valence-electron chi connectivity index (χ3n) is 4.94. The standard InChI is InChI=1S/C19H22N2O2S/c1-13-12-24-18(20-13)16-7-4-5-9-21(16)19(22)15-10-14-6-2-3-8-17(14)23-11-15/h2-3,6,8,12,15-16H,4-5,7,9-11H2,1H3/t15-,16+/m1/s1. The van der Waals surface area contributed by atoms with Crippen molar-refractivity contribution in [2.24, 2.45) is 5.92 Å². The van der Waals surface area contributed by atoms with E-state index >= 15 is 0 Å². The van der Waals surface area contributed by atoms with Gasteiger partial charge in [0.15, 0.2) is 0 Å². The van der Waals surface area contributed by atoms with Gasteiger partial charge in [0.25, 0.3) is 0 Å². The lowest BCUT2D eigenvalue weighted by Crippen LogP contribution is -2.44. The number of hydrogen-bond donors (Lipinski definition) is 0. The summed E-state index contributed by atoms with van der Waals surface area (Å²) in [5.74, 6) is 1.07. The van der Waals surface area contributed by atoms with Gasteiger partial charge < -0.3 is 9.64 Å². The van der Waals surface area contributed by atoms with Crippen molar-refractivity contribution in [3.63, 3.8) is 0 Å². The van der Waals surface area contributed by atoms with Crippen LogP contribution in [0.25, 0.3) is 0 Å². The maximum Gasteiger partial charge on any atom is 0.230 e. The second-order valence-corrected chi connectivity index (χ2v) is 7.58. The molecule has 2 atom stereocenters. The van der Waals surface area contributed by atoms with E-state index in [1.807, 2.05) is 25.1 Å². The Morgan fingerprint density at radius 2 is 2.21 bits per heavy atom. The Kier molecular flexibility index (Phi) is 4.27. The molecule has 5 heteroatoms. The molecular formula is C19H22N2O2S. The molecule has 0 saturated carbocycles. The van der Waals surface area contributed by atoms with Gasteiger partial charge in [-0.3, -0.25) is 4.79 Å². The Balaban J connectivity index is 1.54. The van der Waals surface area contributed by atoms with E-state index in [0.717, 1.165) is 54.2 Å². The molecular weight excluding hydrogens is 320 g/mol. The molecule has 126 valence electrons. The Morgan fingerprint density at radius 3 is 3.04 bits per heavy atom. The van der Waals surface area contributed by atoms with Crippen molar-refractivity contribution in [2.75, 3.05) is 13.2 Å². The van der Waals surface area contributed by atoms with Crippen LogP contribution in [-0.4, -0.2) is 28.9 Å². The minimum atomic E-state index is -0.0819. The number of nitrogens with zero attached hydrogens (tertiary/aromatic N) is 2. The average Bonchev–Trinajstić information content (AvgIpc) is 3.07. The van der Waals surface area contributed by atoms with E-state index in [2.05, 4.69) is 21.3 Å². The van der Waals surface area contributed by atoms with Crippen molar-refractivity contribution in [3.8, 4) is 5.75 Å². The van der Waals surface area contributed by atoms with Crippen molar-refractivity contribution < 1.29 is 9.53 Å². The van der Waals surface area contributed by atoms with Crippen LogP contribution >= 0.6 is 11.3 Å². The molecule has 0 unspecified atom stereocenters. The molecule has 2 aliphatic rings. The molecule has 1 fully saturated rings. The molecule has 0 spiro atoms. The van der Waals surface area contributed by atoms with Gasteiger partial charge in [-0.25, -0.2) is 4.98 Å². The minimum Gasteiger partial charge on any atom is -0.492 e. The number of ether oxygens (including phenoxy) is 1. The number of thiazole rings is 1. The topological polar surface area (TPSA) is 42.4 Å². The first-order chi connectivity index (χ1) is 11.7. The number of carbonyl (C=O) groups is 1. The van der Waals surface area contributed by atoms with Gasteiger partial charge in [0, 0.05) is 17.6 Å². The van der Waals surface area contributed by atoms with Crippen LogP contribution in [0.2, 0.25) is 0 Å². The van der Waals surface area contributed by atoms with Gasteiger partial charge in [-0.2, -0.15) is 0 Å². The molecule has 0 bridgehead atoms. The summed E-state index contributed by atoms with van der Waals surface area (Å²) in [6, 6.07) is 8.18. The van der Waals surface area contributed by atoms with Gasteiger partial charge in [0.2, 0.25) is 5.91 Å². The van der Waals surface area contributed by atoms with E-state index in [1.54, 1.807) is 11.3 Å². The summed E-state index contributed by atoms with van der Waals surface area (Å²) >= 11 is 1.68. The van der Waals surface area contributed by atoms with Gasteiger partial charge in [0.1, 0.15) is 17.4 Å². The monoisotopic (exact) mass is 342 g/mol. The second kappa shape index (κ2) is 6.55. The quantitative estimate of drug-likeness (QED) is 0.834. The average molecular weight is 342 g/mol. The van der Waals surface area contributed by atoms with Crippen molar-refractivity contribution in [2.45, 2.75) is 38.6 Å². The minimum absolute atomic E-state index is 0.0819. The zero-order valence-electron chi connectivity index (χ0n) is 13.9. The number of benzene rings is 1. The Hall–Kier alpha value is -1.88. The molecule has 1 aromatic heterocycles. The highest BCUT2D eigenvalue weighted by Gasteiger charge is 2.35. The lowest BCUT2D eigenvalue weighted by atomic mass is 9.93. The molecule has 1 amide bonds.